The average Bonchev–Trinajstić information content (AvgIpc) is 2.74. The molecule has 4 heteroatoms. The van der Waals surface area contributed by atoms with E-state index >= 15 is 0 Å². The maximum absolute atomic E-state index is 6.14. The van der Waals surface area contributed by atoms with Gasteiger partial charge in [0.15, 0.2) is 0 Å². The van der Waals surface area contributed by atoms with Crippen LogP contribution in [0.5, 0.6) is 11.5 Å². The zero-order valence-corrected chi connectivity index (χ0v) is 19.5. The lowest BCUT2D eigenvalue weighted by Gasteiger charge is -2.33. The minimum atomic E-state index is -0.0451. The van der Waals surface area contributed by atoms with E-state index in [-0.39, 0.29) is 5.60 Å². The third-order valence-corrected chi connectivity index (χ3v) is 5.67. The smallest absolute Gasteiger partial charge is 0.129 e. The molecule has 0 spiro atoms. The van der Waals surface area contributed by atoms with E-state index in [0.29, 0.717) is 12.1 Å². The van der Waals surface area contributed by atoms with Crippen LogP contribution in [0, 0.1) is 0 Å². The van der Waals surface area contributed by atoms with E-state index in [9.17, 15) is 0 Å². The molecule has 1 saturated carbocycles. The molecular formula is C27H38N2O2. The van der Waals surface area contributed by atoms with Crippen molar-refractivity contribution in [2.75, 3.05) is 5.32 Å². The SMILES string of the molecule is C=CNc1cc(Oc2ccc(CNC3CCC(OC(C)(C)C)CC3)cc2)ccc1CC. The molecule has 31 heavy (non-hydrogen) atoms. The van der Waals surface area contributed by atoms with Gasteiger partial charge < -0.3 is 20.1 Å². The highest BCUT2D eigenvalue weighted by molar-refractivity contribution is 5.57. The Bertz CT molecular complexity index is 831. The Morgan fingerprint density at radius 2 is 1.68 bits per heavy atom. The zero-order valence-electron chi connectivity index (χ0n) is 19.5. The van der Waals surface area contributed by atoms with E-state index in [0.717, 1.165) is 43.0 Å². The van der Waals surface area contributed by atoms with Gasteiger partial charge in [0, 0.05) is 24.3 Å². The second kappa shape index (κ2) is 10.8. The van der Waals surface area contributed by atoms with Crippen LogP contribution in [0.3, 0.4) is 0 Å². The molecule has 0 saturated heterocycles. The molecule has 0 atom stereocenters. The molecule has 168 valence electrons. The molecule has 1 fully saturated rings. The first-order valence-electron chi connectivity index (χ1n) is 11.5. The largest absolute Gasteiger partial charge is 0.457 e. The van der Waals surface area contributed by atoms with Crippen molar-refractivity contribution in [3.05, 3.63) is 66.4 Å². The van der Waals surface area contributed by atoms with Gasteiger partial charge in [-0.1, -0.05) is 31.7 Å². The van der Waals surface area contributed by atoms with Crippen LogP contribution < -0.4 is 15.4 Å². The average molecular weight is 423 g/mol. The van der Waals surface area contributed by atoms with Crippen molar-refractivity contribution in [2.45, 2.75) is 84.1 Å². The fourth-order valence-corrected chi connectivity index (χ4v) is 4.13. The maximum Gasteiger partial charge on any atom is 0.129 e. The van der Waals surface area contributed by atoms with E-state index in [1.165, 1.54) is 24.0 Å². The minimum absolute atomic E-state index is 0.0451. The van der Waals surface area contributed by atoms with Crippen LogP contribution >= 0.6 is 0 Å². The summed E-state index contributed by atoms with van der Waals surface area (Å²) in [4.78, 5) is 0. The summed E-state index contributed by atoms with van der Waals surface area (Å²) >= 11 is 0. The molecule has 0 radical (unpaired) electrons. The van der Waals surface area contributed by atoms with Gasteiger partial charge in [-0.05, 0) is 88.4 Å². The molecule has 0 amide bonds. The third-order valence-electron chi connectivity index (χ3n) is 5.67. The van der Waals surface area contributed by atoms with Crippen LogP contribution in [0.4, 0.5) is 5.69 Å². The lowest BCUT2D eigenvalue weighted by atomic mass is 9.92. The highest BCUT2D eigenvalue weighted by atomic mass is 16.5. The zero-order chi connectivity index (χ0) is 22.3. The van der Waals surface area contributed by atoms with Crippen LogP contribution in [0.1, 0.15) is 64.5 Å². The normalized spacial score (nSPS) is 19.1. The molecule has 2 aromatic carbocycles. The monoisotopic (exact) mass is 422 g/mol. The second-order valence-electron chi connectivity index (χ2n) is 9.35. The van der Waals surface area contributed by atoms with Gasteiger partial charge in [-0.25, -0.2) is 0 Å². The van der Waals surface area contributed by atoms with Crippen LogP contribution in [0.15, 0.2) is 55.2 Å². The molecule has 1 aliphatic rings. The summed E-state index contributed by atoms with van der Waals surface area (Å²) in [6, 6.07) is 15.1. The fourth-order valence-electron chi connectivity index (χ4n) is 4.13. The van der Waals surface area contributed by atoms with Gasteiger partial charge in [-0.2, -0.15) is 0 Å². The molecule has 0 aromatic heterocycles. The second-order valence-corrected chi connectivity index (χ2v) is 9.35. The summed E-state index contributed by atoms with van der Waals surface area (Å²) in [7, 11) is 0. The van der Waals surface area contributed by atoms with E-state index in [1.54, 1.807) is 6.20 Å². The van der Waals surface area contributed by atoms with Crippen molar-refractivity contribution in [3.8, 4) is 11.5 Å². The van der Waals surface area contributed by atoms with E-state index in [4.69, 9.17) is 9.47 Å². The van der Waals surface area contributed by atoms with Gasteiger partial charge in [-0.3, -0.25) is 0 Å². The van der Waals surface area contributed by atoms with Gasteiger partial charge >= 0.3 is 0 Å². The highest BCUT2D eigenvalue weighted by Gasteiger charge is 2.25. The molecule has 0 bridgehead atoms. The number of anilines is 1. The Morgan fingerprint density at radius 3 is 2.29 bits per heavy atom. The van der Waals surface area contributed by atoms with E-state index in [1.807, 2.05) is 24.3 Å². The fraction of sp³-hybridized carbons (Fsp3) is 0.481. The first kappa shape index (κ1) is 23.4. The summed E-state index contributed by atoms with van der Waals surface area (Å²) in [6.07, 6.45) is 7.70. The maximum atomic E-state index is 6.14. The molecule has 2 N–H and O–H groups in total. The summed E-state index contributed by atoms with van der Waals surface area (Å²) in [5, 5.41) is 6.90. The number of nitrogens with one attached hydrogen (secondary N) is 2. The topological polar surface area (TPSA) is 42.5 Å². The first-order valence-corrected chi connectivity index (χ1v) is 11.5. The van der Waals surface area contributed by atoms with Gasteiger partial charge in [0.2, 0.25) is 0 Å². The third kappa shape index (κ3) is 7.41. The highest BCUT2D eigenvalue weighted by Crippen LogP contribution is 2.28. The molecule has 4 nitrogen and oxygen atoms in total. The molecular weight excluding hydrogens is 384 g/mol. The minimum Gasteiger partial charge on any atom is -0.457 e. The molecule has 3 rings (SSSR count). The van der Waals surface area contributed by atoms with Gasteiger partial charge in [0.25, 0.3) is 0 Å². The Kier molecular flexibility index (Phi) is 8.16. The number of benzene rings is 2. The van der Waals surface area contributed by atoms with Crippen LogP contribution in [0.25, 0.3) is 0 Å². The summed E-state index contributed by atoms with van der Waals surface area (Å²) < 4.78 is 12.2. The van der Waals surface area contributed by atoms with Crippen molar-refractivity contribution in [1.29, 1.82) is 0 Å². The van der Waals surface area contributed by atoms with Crippen molar-refractivity contribution >= 4 is 5.69 Å². The van der Waals surface area contributed by atoms with Crippen LogP contribution in [-0.4, -0.2) is 17.7 Å². The summed E-state index contributed by atoms with van der Waals surface area (Å²) in [6.45, 7) is 13.2. The Balaban J connectivity index is 1.48. The van der Waals surface area contributed by atoms with E-state index in [2.05, 4.69) is 63.1 Å². The number of hydrogen-bond donors (Lipinski definition) is 2. The number of rotatable bonds is 9. The van der Waals surface area contributed by atoms with Gasteiger partial charge in [0.1, 0.15) is 11.5 Å². The van der Waals surface area contributed by atoms with Gasteiger partial charge in [-0.15, -0.1) is 0 Å². The van der Waals surface area contributed by atoms with Crippen molar-refractivity contribution in [1.82, 2.24) is 5.32 Å². The number of aryl methyl sites for hydroxylation is 1. The lowest BCUT2D eigenvalue weighted by Crippen LogP contribution is -2.37. The predicted molar refractivity (Wildman–Crippen MR) is 130 cm³/mol. The summed E-state index contributed by atoms with van der Waals surface area (Å²) in [5.41, 5.74) is 3.51. The van der Waals surface area contributed by atoms with Crippen LogP contribution in [0.2, 0.25) is 0 Å². The Labute approximate surface area is 188 Å². The first-order chi connectivity index (χ1) is 14.9. The van der Waals surface area contributed by atoms with E-state index < -0.39 is 0 Å². The van der Waals surface area contributed by atoms with Crippen LogP contribution in [-0.2, 0) is 17.7 Å². The molecule has 2 aromatic rings. The Hall–Kier alpha value is -2.30. The standard InChI is InChI=1S/C27H38N2O2/c1-6-21-10-15-25(18-26(21)28-7-2)30-23-13-8-20(9-14-23)19-29-22-11-16-24(17-12-22)31-27(3,4)5/h7-10,13-15,18,22,24,28-29H,2,6,11-12,16-17,19H2,1,3-5H3. The van der Waals surface area contributed by atoms with Gasteiger partial charge in [0.05, 0.1) is 11.7 Å². The van der Waals surface area contributed by atoms with Crippen molar-refractivity contribution < 1.29 is 9.47 Å². The van der Waals surface area contributed by atoms with Crippen molar-refractivity contribution in [3.63, 3.8) is 0 Å². The summed E-state index contributed by atoms with van der Waals surface area (Å²) in [5.74, 6) is 1.67. The molecule has 0 aliphatic heterocycles. The Morgan fingerprint density at radius 1 is 1.00 bits per heavy atom. The molecule has 1 aliphatic carbocycles. The molecule has 0 heterocycles. The lowest BCUT2D eigenvalue weighted by molar-refractivity contribution is -0.0759. The number of ether oxygens (including phenoxy) is 2. The van der Waals surface area contributed by atoms with Crippen molar-refractivity contribution in [2.24, 2.45) is 0 Å². The number of hydrogen-bond acceptors (Lipinski definition) is 4. The predicted octanol–water partition coefficient (Wildman–Crippen LogP) is 6.81. The molecule has 0 unspecified atom stereocenters. The quantitative estimate of drug-likeness (QED) is 0.466.